The van der Waals surface area contributed by atoms with E-state index >= 15 is 0 Å². The monoisotopic (exact) mass is 969 g/mol. The molecule has 16 nitrogen and oxygen atoms in total. The number of rotatable bonds is 11. The first-order valence-corrected chi connectivity index (χ1v) is 24.8. The van der Waals surface area contributed by atoms with E-state index in [0.29, 0.717) is 13.0 Å². The van der Waals surface area contributed by atoms with Gasteiger partial charge >= 0.3 is 5.97 Å². The molecule has 1 aromatic rings. The van der Waals surface area contributed by atoms with Crippen molar-refractivity contribution < 1.29 is 62.4 Å². The molecule has 1 aromatic carbocycles. The summed E-state index contributed by atoms with van der Waals surface area (Å²) in [5.74, 6) is -3.35. The van der Waals surface area contributed by atoms with Gasteiger partial charge in [0.15, 0.2) is 6.29 Å². The van der Waals surface area contributed by atoms with Crippen LogP contribution in [0.1, 0.15) is 94.9 Å². The van der Waals surface area contributed by atoms with E-state index < -0.39 is 118 Å². The molecule has 1 unspecified atom stereocenters. The summed E-state index contributed by atoms with van der Waals surface area (Å²) in [7, 11) is 1.12. The predicted molar refractivity (Wildman–Crippen MR) is 243 cm³/mol. The number of cyclic esters (lactones) is 1. The Balaban J connectivity index is 1.75. The van der Waals surface area contributed by atoms with Gasteiger partial charge in [-0.2, -0.15) is 0 Å². The highest BCUT2D eigenvalue weighted by molar-refractivity contribution is 7.89. The third-order valence-corrected chi connectivity index (χ3v) is 16.2. The first-order chi connectivity index (χ1) is 29.5. The van der Waals surface area contributed by atoms with Crippen molar-refractivity contribution in [3.63, 3.8) is 0 Å². The molecule has 3 fully saturated rings. The van der Waals surface area contributed by atoms with Gasteiger partial charge in [-0.3, -0.25) is 9.69 Å². The summed E-state index contributed by atoms with van der Waals surface area (Å²) in [5.41, 5.74) is -4.56. The summed E-state index contributed by atoms with van der Waals surface area (Å²) in [6.07, 6.45) is -8.11. The maximum Gasteiger partial charge on any atom is 0.309 e. The third kappa shape index (κ3) is 12.7. The summed E-state index contributed by atoms with van der Waals surface area (Å²) in [5, 5.41) is 60.0. The van der Waals surface area contributed by atoms with E-state index in [1.807, 2.05) is 37.6 Å². The molecule has 3 aliphatic heterocycles. The maximum atomic E-state index is 14.5. The van der Waals surface area contributed by atoms with Gasteiger partial charge in [0, 0.05) is 61.2 Å². The molecule has 3 saturated heterocycles. The van der Waals surface area contributed by atoms with Crippen molar-refractivity contribution in [2.75, 3.05) is 40.8 Å². The molecule has 370 valence electrons. The Kier molecular flexibility index (Phi) is 19.0. The fourth-order valence-corrected chi connectivity index (χ4v) is 12.2. The smallest absolute Gasteiger partial charge is 0.309 e. The summed E-state index contributed by atoms with van der Waals surface area (Å²) in [6, 6.07) is 2.89. The number of esters is 1. The van der Waals surface area contributed by atoms with Crippen molar-refractivity contribution in [3.8, 4) is 0 Å². The highest BCUT2D eigenvalue weighted by atomic mass is 35.5. The molecular weight excluding hydrogens is 893 g/mol. The number of hydrogen-bond acceptors (Lipinski definition) is 15. The molecule has 18 atom stereocenters. The molecule has 0 aromatic heterocycles. The van der Waals surface area contributed by atoms with Crippen molar-refractivity contribution in [1.82, 2.24) is 14.5 Å². The van der Waals surface area contributed by atoms with Crippen molar-refractivity contribution >= 4 is 39.2 Å². The lowest BCUT2D eigenvalue weighted by Crippen LogP contribution is -2.62. The molecule has 6 N–H and O–H groups in total. The van der Waals surface area contributed by atoms with Crippen LogP contribution in [-0.4, -0.2) is 175 Å². The zero-order chi connectivity index (χ0) is 48.4. The van der Waals surface area contributed by atoms with Crippen LogP contribution in [0.2, 0.25) is 10.0 Å². The van der Waals surface area contributed by atoms with Crippen LogP contribution in [-0.2, 0) is 38.5 Å². The predicted octanol–water partition coefficient (Wildman–Crippen LogP) is 3.83. The number of methoxy groups -OCH3 is 1. The van der Waals surface area contributed by atoms with Gasteiger partial charge < -0.3 is 54.1 Å². The number of hydrogen-bond donors (Lipinski definition) is 6. The number of likely N-dealkylation sites (N-methyl/N-ethyl adjacent to an activating group) is 2. The molecule has 0 amide bonds. The van der Waals surface area contributed by atoms with Gasteiger partial charge in [0.1, 0.15) is 30.0 Å². The average molecular weight is 971 g/mol. The van der Waals surface area contributed by atoms with Gasteiger partial charge in [-0.1, -0.05) is 50.9 Å². The molecular formula is C45H77Cl2N3O13S. The highest BCUT2D eigenvalue weighted by Crippen LogP contribution is 2.45. The minimum absolute atomic E-state index is 0.0117. The second-order valence-electron chi connectivity index (χ2n) is 19.8. The molecule has 0 aliphatic carbocycles. The van der Waals surface area contributed by atoms with Crippen LogP contribution in [0.5, 0.6) is 0 Å². The van der Waals surface area contributed by atoms with Crippen LogP contribution in [0, 0.1) is 23.7 Å². The number of carbonyl (C=O) groups is 1. The molecule has 3 aliphatic rings. The van der Waals surface area contributed by atoms with Crippen LogP contribution in [0.3, 0.4) is 0 Å². The Hall–Kier alpha value is -1.26. The molecule has 3 heterocycles. The summed E-state index contributed by atoms with van der Waals surface area (Å²) < 4.78 is 60.7. The summed E-state index contributed by atoms with van der Waals surface area (Å²) in [4.78, 5) is 18.2. The lowest BCUT2D eigenvalue weighted by molar-refractivity contribution is -0.302. The highest BCUT2D eigenvalue weighted by Gasteiger charge is 2.55. The van der Waals surface area contributed by atoms with E-state index in [-0.39, 0.29) is 53.2 Å². The number of aliphatic hydroxyl groups is 5. The van der Waals surface area contributed by atoms with Crippen molar-refractivity contribution in [3.05, 3.63) is 28.2 Å². The Morgan fingerprint density at radius 2 is 1.58 bits per heavy atom. The largest absolute Gasteiger partial charge is 0.459 e. The molecule has 0 radical (unpaired) electrons. The third-order valence-electron chi connectivity index (χ3n) is 14.4. The molecule has 19 heteroatoms. The lowest BCUT2D eigenvalue weighted by Gasteiger charge is -2.51. The van der Waals surface area contributed by atoms with Gasteiger partial charge in [-0.15, -0.1) is 0 Å². The lowest BCUT2D eigenvalue weighted by atomic mass is 9.68. The quantitative estimate of drug-likeness (QED) is 0.174. The molecule has 0 bridgehead atoms. The van der Waals surface area contributed by atoms with E-state index in [1.165, 1.54) is 32.2 Å². The normalized spacial score (nSPS) is 42.8. The number of benzene rings is 1. The fourth-order valence-electron chi connectivity index (χ4n) is 10.5. The number of aliphatic hydroxyl groups excluding tert-OH is 3. The number of carbonyl (C=O) groups excluding carboxylic acids is 1. The van der Waals surface area contributed by atoms with E-state index in [9.17, 15) is 38.7 Å². The van der Waals surface area contributed by atoms with Crippen LogP contribution in [0.15, 0.2) is 23.1 Å². The first-order valence-electron chi connectivity index (χ1n) is 22.6. The maximum absolute atomic E-state index is 14.5. The van der Waals surface area contributed by atoms with Crippen LogP contribution >= 0.6 is 23.2 Å². The Bertz CT molecular complexity index is 1790. The van der Waals surface area contributed by atoms with Crippen LogP contribution in [0.4, 0.5) is 0 Å². The summed E-state index contributed by atoms with van der Waals surface area (Å²) >= 11 is 12.1. The summed E-state index contributed by atoms with van der Waals surface area (Å²) in [6.45, 7) is 18.1. The Morgan fingerprint density at radius 1 is 0.969 bits per heavy atom. The number of nitrogens with zero attached hydrogens (tertiary/aromatic N) is 2. The number of nitrogens with one attached hydrogen (secondary N) is 1. The van der Waals surface area contributed by atoms with Crippen molar-refractivity contribution in [2.24, 2.45) is 23.7 Å². The van der Waals surface area contributed by atoms with E-state index in [1.54, 1.807) is 48.6 Å². The zero-order valence-corrected chi connectivity index (χ0v) is 42.2. The minimum Gasteiger partial charge on any atom is -0.459 e. The zero-order valence-electron chi connectivity index (χ0n) is 39.9. The van der Waals surface area contributed by atoms with Gasteiger partial charge in [-0.25, -0.2) is 13.1 Å². The second kappa shape index (κ2) is 22.0. The Morgan fingerprint density at radius 3 is 2.16 bits per heavy atom. The van der Waals surface area contributed by atoms with Crippen molar-refractivity contribution in [1.29, 1.82) is 0 Å². The SMILES string of the molecule is CC[C@H]1OC(=O)[C@H](C)[C@@H](C2C[C@@](C)(OC)[C@@H](O)[C@H](C)O2)[C@H](C)[C@@H](O[C@@H]2O[C@H](C)C[C@H](N(C)CCNS(=O)(=O)c3cc(Cl)cc(Cl)c3)[C@H]2O)[C@](C)(O)C[C@@H](C)CN(C)[C@H](C)[C@@H](O)[C@]1(C)O. The molecule has 0 saturated carbocycles. The second-order valence-corrected chi connectivity index (χ2v) is 22.4. The van der Waals surface area contributed by atoms with E-state index in [4.69, 9.17) is 46.9 Å². The average Bonchev–Trinajstić information content (AvgIpc) is 3.19. The van der Waals surface area contributed by atoms with Gasteiger partial charge in [0.25, 0.3) is 0 Å². The number of sulfonamides is 1. The van der Waals surface area contributed by atoms with Crippen molar-refractivity contribution in [2.45, 2.75) is 184 Å². The van der Waals surface area contributed by atoms with E-state index in [2.05, 4.69) is 4.72 Å². The first kappa shape index (κ1) is 55.3. The molecule has 64 heavy (non-hydrogen) atoms. The minimum atomic E-state index is -3.97. The van der Waals surface area contributed by atoms with Crippen LogP contribution < -0.4 is 4.72 Å². The standard InChI is InChI=1S/C45H77Cl2N3O13S/c1-14-35-45(10,56)38(52)28(6)50(12)23-24(2)21-43(8,55)40(26(4)36(27(5)41(54)62-35)34-22-44(9,59-13)39(53)29(7)61-34)63-42-37(51)33(17-25(3)60-42)49(11)16-15-48-64(57,58)32-19-30(46)18-31(47)20-32/h18-20,24-29,33-40,42,48,51-53,55-56H,14-17,21-23H2,1-13H3/t24-,25-,26+,27-,28-,29+,33+,34?,35-,36+,37-,38-,39+,40-,42+,43-,44-,45-/m1/s1. The van der Waals surface area contributed by atoms with Gasteiger partial charge in [0.2, 0.25) is 10.0 Å². The van der Waals surface area contributed by atoms with Gasteiger partial charge in [-0.05, 0) is 105 Å². The number of halogens is 2. The Labute approximate surface area is 391 Å². The topological polar surface area (TPSA) is 217 Å². The fraction of sp³-hybridized carbons (Fsp3) is 0.844. The molecule has 4 rings (SSSR count). The number of ether oxygens (including phenoxy) is 5. The van der Waals surface area contributed by atoms with Gasteiger partial charge in [0.05, 0.1) is 46.4 Å². The van der Waals surface area contributed by atoms with E-state index in [0.717, 1.165) is 0 Å². The van der Waals surface area contributed by atoms with Crippen LogP contribution in [0.25, 0.3) is 0 Å². The molecule has 0 spiro atoms.